The van der Waals surface area contributed by atoms with Gasteiger partial charge in [-0.25, -0.2) is 4.98 Å². The van der Waals surface area contributed by atoms with E-state index in [-0.39, 0.29) is 6.04 Å². The second-order valence-corrected chi connectivity index (χ2v) is 11.0. The highest BCUT2D eigenvalue weighted by Crippen LogP contribution is 2.36. The van der Waals surface area contributed by atoms with Crippen LogP contribution in [0.2, 0.25) is 0 Å². The third-order valence-electron chi connectivity index (χ3n) is 8.57. The predicted molar refractivity (Wildman–Crippen MR) is 178 cm³/mol. The van der Waals surface area contributed by atoms with Crippen LogP contribution in [0.1, 0.15) is 17.3 Å². The molecule has 0 saturated heterocycles. The lowest BCUT2D eigenvalue weighted by atomic mass is 10.0. The van der Waals surface area contributed by atoms with Gasteiger partial charge in [0.1, 0.15) is 5.82 Å². The summed E-state index contributed by atoms with van der Waals surface area (Å²) in [5, 5.41) is 8.48. The molecule has 0 radical (unpaired) electrons. The first-order valence-corrected chi connectivity index (χ1v) is 14.7. The number of hydrogen-bond acceptors (Lipinski definition) is 4. The summed E-state index contributed by atoms with van der Waals surface area (Å²) in [5.74, 6) is 0.868. The van der Waals surface area contributed by atoms with Crippen LogP contribution >= 0.6 is 0 Å². The molecule has 1 N–H and O–H groups in total. The van der Waals surface area contributed by atoms with Gasteiger partial charge in [0.2, 0.25) is 0 Å². The molecule has 6 heteroatoms. The molecule has 0 saturated carbocycles. The van der Waals surface area contributed by atoms with Crippen LogP contribution in [-0.4, -0.2) is 24.1 Å². The zero-order chi connectivity index (χ0) is 29.0. The Hall–Kier alpha value is -6.01. The summed E-state index contributed by atoms with van der Waals surface area (Å²) in [4.78, 5) is 14.1. The molecule has 3 aromatic carbocycles. The highest BCUT2D eigenvalue weighted by atomic mass is 15.1. The molecule has 5 aromatic heterocycles. The van der Waals surface area contributed by atoms with Crippen LogP contribution in [-0.2, 0) is 0 Å². The molecule has 6 heterocycles. The van der Waals surface area contributed by atoms with Gasteiger partial charge in [-0.1, -0.05) is 72.8 Å². The molecule has 9 rings (SSSR count). The Morgan fingerprint density at radius 2 is 1.27 bits per heavy atom. The number of fused-ring (bicyclic) bond motifs is 6. The van der Waals surface area contributed by atoms with E-state index >= 15 is 0 Å². The Bertz CT molecular complexity index is 2340. The molecule has 0 spiro atoms. The molecule has 8 aromatic rings. The van der Waals surface area contributed by atoms with Crippen LogP contribution < -0.4 is 5.32 Å². The van der Waals surface area contributed by atoms with Gasteiger partial charge in [0.15, 0.2) is 0 Å². The van der Waals surface area contributed by atoms with Crippen LogP contribution in [0.15, 0.2) is 146 Å². The van der Waals surface area contributed by atoms with Gasteiger partial charge < -0.3 is 9.88 Å². The minimum atomic E-state index is -0.100. The Balaban J connectivity index is 1.13. The van der Waals surface area contributed by atoms with E-state index in [1.165, 1.54) is 16.2 Å². The quantitative estimate of drug-likeness (QED) is 0.233. The van der Waals surface area contributed by atoms with Gasteiger partial charge in [-0.3, -0.25) is 14.5 Å². The van der Waals surface area contributed by atoms with Crippen molar-refractivity contribution in [1.82, 2.24) is 29.4 Å². The van der Waals surface area contributed by atoms with Gasteiger partial charge in [-0.15, -0.1) is 0 Å². The van der Waals surface area contributed by atoms with Crippen LogP contribution in [0.25, 0.3) is 60.8 Å². The summed E-state index contributed by atoms with van der Waals surface area (Å²) in [6.07, 6.45) is 14.0. The summed E-state index contributed by atoms with van der Waals surface area (Å²) in [7, 11) is 0. The monoisotopic (exact) mass is 566 g/mol. The number of nitrogens with zero attached hydrogens (tertiary/aromatic N) is 5. The lowest BCUT2D eigenvalue weighted by Gasteiger charge is -2.24. The number of dihydropyridines is 1. The fourth-order valence-electron chi connectivity index (χ4n) is 6.64. The van der Waals surface area contributed by atoms with Crippen molar-refractivity contribution < 1.29 is 0 Å². The average molecular weight is 567 g/mol. The van der Waals surface area contributed by atoms with E-state index in [1.807, 2.05) is 24.8 Å². The molecule has 0 aliphatic carbocycles. The van der Waals surface area contributed by atoms with E-state index in [2.05, 4.69) is 146 Å². The maximum Gasteiger partial charge on any atom is 0.138 e. The van der Waals surface area contributed by atoms with Gasteiger partial charge in [-0.05, 0) is 48.5 Å². The van der Waals surface area contributed by atoms with Crippen molar-refractivity contribution in [2.75, 3.05) is 0 Å². The van der Waals surface area contributed by atoms with E-state index in [1.54, 1.807) is 0 Å². The fraction of sp³-hybridized carbons (Fsp3) is 0.0263. The number of para-hydroxylation sites is 3. The van der Waals surface area contributed by atoms with Gasteiger partial charge in [0, 0.05) is 51.4 Å². The number of rotatable bonds is 4. The first kappa shape index (κ1) is 24.6. The molecule has 1 unspecified atom stereocenters. The number of benzene rings is 3. The van der Waals surface area contributed by atoms with Crippen molar-refractivity contribution in [2.45, 2.75) is 6.04 Å². The predicted octanol–water partition coefficient (Wildman–Crippen LogP) is 8.31. The first-order valence-electron chi connectivity index (χ1n) is 14.7. The standard InChI is InChI=1S/C38H26N6/c1-5-16-34-25(9-1)27-19-21-40-24-37(27)44(34)38-18-8-14-32(42-38)31-13-7-12-30(41-31)28-11-3-6-17-35(28)43-33-15-4-2-10-26(33)29-23-39-22-20-36(29)43/h1-24,31,41H. The maximum atomic E-state index is 5.20. The number of pyridine rings is 3. The molecule has 0 fully saturated rings. The summed E-state index contributed by atoms with van der Waals surface area (Å²) >= 11 is 0. The van der Waals surface area contributed by atoms with Crippen molar-refractivity contribution in [3.63, 3.8) is 0 Å². The number of nitrogens with one attached hydrogen (secondary N) is 1. The zero-order valence-corrected chi connectivity index (χ0v) is 23.7. The molecule has 0 bridgehead atoms. The fourth-order valence-corrected chi connectivity index (χ4v) is 6.64. The van der Waals surface area contributed by atoms with Crippen molar-refractivity contribution in [3.8, 4) is 11.5 Å². The largest absolute Gasteiger partial charge is 0.373 e. The second kappa shape index (κ2) is 9.78. The van der Waals surface area contributed by atoms with E-state index in [4.69, 9.17) is 4.98 Å². The van der Waals surface area contributed by atoms with Gasteiger partial charge >= 0.3 is 0 Å². The number of allylic oxidation sites excluding steroid dienone is 2. The molecule has 0 amide bonds. The Morgan fingerprint density at radius 1 is 0.568 bits per heavy atom. The van der Waals surface area contributed by atoms with Crippen molar-refractivity contribution in [3.05, 3.63) is 157 Å². The summed E-state index contributed by atoms with van der Waals surface area (Å²) in [6, 6.07) is 35.9. The van der Waals surface area contributed by atoms with Crippen LogP contribution in [0.5, 0.6) is 0 Å². The van der Waals surface area contributed by atoms with E-state index in [0.29, 0.717) is 0 Å². The first-order chi connectivity index (χ1) is 21.8. The normalized spacial score (nSPS) is 14.8. The van der Waals surface area contributed by atoms with Gasteiger partial charge in [0.05, 0.1) is 45.7 Å². The lowest BCUT2D eigenvalue weighted by molar-refractivity contribution is 0.732. The van der Waals surface area contributed by atoms with E-state index in [0.717, 1.165) is 55.9 Å². The highest BCUT2D eigenvalue weighted by molar-refractivity contribution is 6.10. The number of aromatic nitrogens is 5. The summed E-state index contributed by atoms with van der Waals surface area (Å²) < 4.78 is 4.55. The number of hydrogen-bond donors (Lipinski definition) is 1. The molecule has 208 valence electrons. The van der Waals surface area contributed by atoms with Gasteiger partial charge in [-0.2, -0.15) is 0 Å². The Labute approximate surface area is 253 Å². The van der Waals surface area contributed by atoms with E-state index < -0.39 is 0 Å². The zero-order valence-electron chi connectivity index (χ0n) is 23.7. The van der Waals surface area contributed by atoms with Crippen LogP contribution in [0.3, 0.4) is 0 Å². The highest BCUT2D eigenvalue weighted by Gasteiger charge is 2.21. The SMILES string of the molecule is C1=CC(c2cccc(-n3c4ccccc4c4ccncc43)n2)NC(c2ccccc2-n2c3ccccc3c3cnccc32)=C1. The van der Waals surface area contributed by atoms with Gasteiger partial charge in [0.25, 0.3) is 0 Å². The summed E-state index contributed by atoms with van der Waals surface area (Å²) in [6.45, 7) is 0. The van der Waals surface area contributed by atoms with Crippen LogP contribution in [0.4, 0.5) is 0 Å². The molecule has 1 aliphatic heterocycles. The van der Waals surface area contributed by atoms with E-state index in [9.17, 15) is 0 Å². The molecule has 6 nitrogen and oxygen atoms in total. The second-order valence-electron chi connectivity index (χ2n) is 11.0. The topological polar surface area (TPSA) is 60.6 Å². The Kier molecular flexibility index (Phi) is 5.46. The van der Waals surface area contributed by atoms with Crippen molar-refractivity contribution in [1.29, 1.82) is 0 Å². The van der Waals surface area contributed by atoms with Crippen molar-refractivity contribution >= 4 is 49.3 Å². The molecule has 1 aliphatic rings. The lowest BCUT2D eigenvalue weighted by Crippen LogP contribution is -2.22. The average Bonchev–Trinajstić information content (AvgIpc) is 3.62. The molecular formula is C38H26N6. The smallest absolute Gasteiger partial charge is 0.138 e. The third-order valence-corrected chi connectivity index (χ3v) is 8.57. The molecular weight excluding hydrogens is 540 g/mol. The molecule has 1 atom stereocenters. The molecule has 44 heavy (non-hydrogen) atoms. The third kappa shape index (κ3) is 3.71. The van der Waals surface area contributed by atoms with Crippen LogP contribution in [0, 0.1) is 0 Å². The van der Waals surface area contributed by atoms with Crippen molar-refractivity contribution in [2.24, 2.45) is 0 Å². The Morgan fingerprint density at radius 3 is 2.18 bits per heavy atom. The summed E-state index contributed by atoms with van der Waals surface area (Å²) in [5.41, 5.74) is 8.65. The minimum Gasteiger partial charge on any atom is -0.373 e. The minimum absolute atomic E-state index is 0.100. The maximum absolute atomic E-state index is 5.20.